The summed E-state index contributed by atoms with van der Waals surface area (Å²) >= 11 is 0. The average molecular weight is 286 g/mol. The van der Waals surface area contributed by atoms with Crippen molar-refractivity contribution in [2.24, 2.45) is 0 Å². The number of aryl methyl sites for hydroxylation is 1. The van der Waals surface area contributed by atoms with Gasteiger partial charge < -0.3 is 14.5 Å². The minimum absolute atomic E-state index is 0.592. The van der Waals surface area contributed by atoms with Crippen molar-refractivity contribution in [2.75, 3.05) is 43.1 Å². The number of ether oxygens (including phenoxy) is 1. The fourth-order valence-corrected chi connectivity index (χ4v) is 2.44. The molecule has 0 unspecified atom stereocenters. The summed E-state index contributed by atoms with van der Waals surface area (Å²) in [5, 5.41) is 0. The molecule has 0 N–H and O–H groups in total. The van der Waals surface area contributed by atoms with Crippen LogP contribution in [-0.2, 0) is 0 Å². The first-order valence-corrected chi connectivity index (χ1v) is 6.91. The summed E-state index contributed by atoms with van der Waals surface area (Å²) in [5.74, 6) is 2.32. The monoisotopic (exact) mass is 286 g/mol. The highest BCUT2D eigenvalue weighted by molar-refractivity contribution is 5.47. The largest absolute Gasteiger partial charge is 0.481 e. The Bertz CT molecular complexity index is 612. The molecule has 1 aliphatic heterocycles. The molecule has 7 heteroatoms. The van der Waals surface area contributed by atoms with E-state index in [1.54, 1.807) is 25.7 Å². The second-order valence-electron chi connectivity index (χ2n) is 4.90. The Hall–Kier alpha value is -2.44. The lowest BCUT2D eigenvalue weighted by Crippen LogP contribution is -2.47. The molecule has 0 saturated carbocycles. The fraction of sp³-hybridized carbons (Fsp3) is 0.429. The number of methoxy groups -OCH3 is 1. The number of aromatic nitrogens is 4. The van der Waals surface area contributed by atoms with Crippen molar-refractivity contribution >= 4 is 11.8 Å². The van der Waals surface area contributed by atoms with Crippen LogP contribution < -0.4 is 14.5 Å². The second kappa shape index (κ2) is 5.90. The number of nitrogens with zero attached hydrogens (tertiary/aromatic N) is 6. The summed E-state index contributed by atoms with van der Waals surface area (Å²) in [6.07, 6.45) is 5.17. The van der Waals surface area contributed by atoms with Crippen LogP contribution in [0.25, 0.3) is 0 Å². The Morgan fingerprint density at radius 3 is 2.57 bits per heavy atom. The molecule has 0 spiro atoms. The molecule has 21 heavy (non-hydrogen) atoms. The Balaban J connectivity index is 1.69. The van der Waals surface area contributed by atoms with E-state index >= 15 is 0 Å². The predicted octanol–water partition coefficient (Wildman–Crippen LogP) is 0.910. The van der Waals surface area contributed by atoms with Crippen molar-refractivity contribution < 1.29 is 4.74 Å². The van der Waals surface area contributed by atoms with Crippen LogP contribution in [0.3, 0.4) is 0 Å². The molecule has 1 saturated heterocycles. The fourth-order valence-electron chi connectivity index (χ4n) is 2.44. The summed E-state index contributed by atoms with van der Waals surface area (Å²) in [6, 6.07) is 1.75. The van der Waals surface area contributed by atoms with Crippen LogP contribution in [0.5, 0.6) is 5.88 Å². The first kappa shape index (κ1) is 13.5. The Labute approximate surface area is 123 Å². The second-order valence-corrected chi connectivity index (χ2v) is 4.90. The first-order chi connectivity index (χ1) is 10.3. The zero-order valence-electron chi connectivity index (χ0n) is 12.2. The van der Waals surface area contributed by atoms with E-state index in [9.17, 15) is 0 Å². The van der Waals surface area contributed by atoms with Gasteiger partial charge in [0.1, 0.15) is 12.1 Å². The van der Waals surface area contributed by atoms with Crippen LogP contribution in [0.15, 0.2) is 24.8 Å². The quantitative estimate of drug-likeness (QED) is 0.830. The van der Waals surface area contributed by atoms with Gasteiger partial charge in [0.25, 0.3) is 0 Å². The van der Waals surface area contributed by atoms with E-state index in [4.69, 9.17) is 4.74 Å². The molecule has 0 aliphatic carbocycles. The Morgan fingerprint density at radius 1 is 1.10 bits per heavy atom. The minimum Gasteiger partial charge on any atom is -0.481 e. The molecule has 7 nitrogen and oxygen atoms in total. The summed E-state index contributed by atoms with van der Waals surface area (Å²) in [4.78, 5) is 21.5. The number of hydrogen-bond donors (Lipinski definition) is 0. The molecule has 2 aromatic rings. The molecule has 1 aliphatic rings. The molecule has 0 radical (unpaired) electrons. The van der Waals surface area contributed by atoms with Crippen molar-refractivity contribution in [2.45, 2.75) is 6.92 Å². The molecule has 3 rings (SSSR count). The third-order valence-electron chi connectivity index (χ3n) is 3.56. The van der Waals surface area contributed by atoms with Gasteiger partial charge in [-0.3, -0.25) is 0 Å². The highest BCUT2D eigenvalue weighted by Gasteiger charge is 2.21. The molecule has 0 aromatic carbocycles. The number of rotatable bonds is 3. The van der Waals surface area contributed by atoms with Crippen molar-refractivity contribution in [1.29, 1.82) is 0 Å². The van der Waals surface area contributed by atoms with E-state index in [0.717, 1.165) is 37.6 Å². The molecule has 110 valence electrons. The van der Waals surface area contributed by atoms with Crippen LogP contribution in [0.2, 0.25) is 0 Å². The molecule has 2 aromatic heterocycles. The third-order valence-corrected chi connectivity index (χ3v) is 3.56. The van der Waals surface area contributed by atoms with E-state index in [1.807, 2.05) is 13.1 Å². The van der Waals surface area contributed by atoms with E-state index in [-0.39, 0.29) is 0 Å². The maximum Gasteiger partial charge on any atom is 0.228 e. The normalized spacial score (nSPS) is 15.1. The van der Waals surface area contributed by atoms with Gasteiger partial charge in [0.05, 0.1) is 7.11 Å². The van der Waals surface area contributed by atoms with E-state index in [2.05, 4.69) is 29.7 Å². The number of piperazine rings is 1. The zero-order chi connectivity index (χ0) is 14.7. The van der Waals surface area contributed by atoms with Gasteiger partial charge in [-0.2, -0.15) is 4.98 Å². The molecule has 1 fully saturated rings. The van der Waals surface area contributed by atoms with E-state index in [0.29, 0.717) is 11.8 Å². The van der Waals surface area contributed by atoms with Gasteiger partial charge in [0.15, 0.2) is 0 Å². The van der Waals surface area contributed by atoms with Crippen molar-refractivity contribution in [1.82, 2.24) is 19.9 Å². The van der Waals surface area contributed by atoms with Crippen LogP contribution in [0, 0.1) is 6.92 Å². The maximum absolute atomic E-state index is 5.15. The standard InChI is InChI=1S/C14H18N6O/c1-11-9-15-10-17-13(11)19-5-7-20(8-6-19)14-16-4-3-12(18-14)21-2/h3-4,9-10H,5-8H2,1-2H3. The lowest BCUT2D eigenvalue weighted by Gasteiger charge is -2.35. The molecule has 0 atom stereocenters. The van der Waals surface area contributed by atoms with Crippen LogP contribution in [-0.4, -0.2) is 53.2 Å². The predicted molar refractivity (Wildman–Crippen MR) is 79.8 cm³/mol. The van der Waals surface area contributed by atoms with Gasteiger partial charge >= 0.3 is 0 Å². The summed E-state index contributed by atoms with van der Waals surface area (Å²) in [7, 11) is 1.61. The van der Waals surface area contributed by atoms with Gasteiger partial charge in [-0.1, -0.05) is 0 Å². The summed E-state index contributed by atoms with van der Waals surface area (Å²) < 4.78 is 5.15. The first-order valence-electron chi connectivity index (χ1n) is 6.91. The van der Waals surface area contributed by atoms with Gasteiger partial charge in [-0.05, 0) is 6.92 Å². The van der Waals surface area contributed by atoms with Gasteiger partial charge in [0, 0.05) is 50.2 Å². The highest BCUT2D eigenvalue weighted by atomic mass is 16.5. The Kier molecular flexibility index (Phi) is 3.81. The molecule has 0 amide bonds. The third kappa shape index (κ3) is 2.86. The Morgan fingerprint density at radius 2 is 1.86 bits per heavy atom. The summed E-state index contributed by atoms with van der Waals surface area (Å²) in [5.41, 5.74) is 1.10. The van der Waals surface area contributed by atoms with Gasteiger partial charge in [0.2, 0.25) is 11.8 Å². The van der Waals surface area contributed by atoms with Gasteiger partial charge in [-0.25, -0.2) is 15.0 Å². The van der Waals surface area contributed by atoms with Crippen molar-refractivity contribution in [3.63, 3.8) is 0 Å². The minimum atomic E-state index is 0.592. The zero-order valence-corrected chi connectivity index (χ0v) is 12.2. The SMILES string of the molecule is COc1ccnc(N2CCN(c3ncncc3C)CC2)n1. The maximum atomic E-state index is 5.15. The molecule has 0 bridgehead atoms. The van der Waals surface area contributed by atoms with E-state index in [1.165, 1.54) is 0 Å². The van der Waals surface area contributed by atoms with Crippen LogP contribution in [0.1, 0.15) is 5.56 Å². The van der Waals surface area contributed by atoms with E-state index < -0.39 is 0 Å². The molecular formula is C14H18N6O. The average Bonchev–Trinajstić information content (AvgIpc) is 2.56. The van der Waals surface area contributed by atoms with Gasteiger partial charge in [-0.15, -0.1) is 0 Å². The number of hydrogen-bond acceptors (Lipinski definition) is 7. The smallest absolute Gasteiger partial charge is 0.228 e. The van der Waals surface area contributed by atoms with Crippen LogP contribution >= 0.6 is 0 Å². The number of anilines is 2. The topological polar surface area (TPSA) is 67.3 Å². The lowest BCUT2D eigenvalue weighted by molar-refractivity contribution is 0.396. The lowest BCUT2D eigenvalue weighted by atomic mass is 10.2. The van der Waals surface area contributed by atoms with Crippen molar-refractivity contribution in [3.05, 3.63) is 30.4 Å². The summed E-state index contributed by atoms with van der Waals surface area (Å²) in [6.45, 7) is 5.52. The highest BCUT2D eigenvalue weighted by Crippen LogP contribution is 2.19. The van der Waals surface area contributed by atoms with Crippen molar-refractivity contribution in [3.8, 4) is 5.88 Å². The van der Waals surface area contributed by atoms with Crippen LogP contribution in [0.4, 0.5) is 11.8 Å². The molecule has 3 heterocycles. The molecular weight excluding hydrogens is 268 g/mol.